The molecule has 6 nitrogen and oxygen atoms in total. The number of nitrogens with one attached hydrogen (secondary N) is 1. The lowest BCUT2D eigenvalue weighted by atomic mass is 10.1. The van der Waals surface area contributed by atoms with E-state index in [9.17, 15) is 4.79 Å². The summed E-state index contributed by atoms with van der Waals surface area (Å²) < 4.78 is 2.14. The maximum absolute atomic E-state index is 11.6. The number of fused-ring (bicyclic) bond motifs is 1. The zero-order valence-corrected chi connectivity index (χ0v) is 13.7. The Bertz CT molecular complexity index is 681. The Morgan fingerprint density at radius 2 is 1.96 bits per heavy atom. The highest BCUT2D eigenvalue weighted by atomic mass is 16.2. The van der Waals surface area contributed by atoms with Crippen LogP contribution in [0.5, 0.6) is 0 Å². The third kappa shape index (κ3) is 3.70. The van der Waals surface area contributed by atoms with Gasteiger partial charge in [-0.15, -0.1) is 0 Å². The van der Waals surface area contributed by atoms with Gasteiger partial charge >= 0.3 is 0 Å². The van der Waals surface area contributed by atoms with Crippen LogP contribution in [0.1, 0.15) is 24.0 Å². The molecule has 0 atom stereocenters. The van der Waals surface area contributed by atoms with E-state index in [1.807, 2.05) is 24.0 Å². The molecule has 2 aromatic heterocycles. The molecule has 6 heteroatoms. The van der Waals surface area contributed by atoms with Crippen LogP contribution in [0.2, 0.25) is 0 Å². The van der Waals surface area contributed by atoms with Gasteiger partial charge in [0.2, 0.25) is 5.91 Å². The average molecular weight is 313 g/mol. The largest absolute Gasteiger partial charge is 0.368 e. The van der Waals surface area contributed by atoms with Gasteiger partial charge in [-0.2, -0.15) is 0 Å². The van der Waals surface area contributed by atoms with Gasteiger partial charge in [0, 0.05) is 57.5 Å². The van der Waals surface area contributed by atoms with E-state index < -0.39 is 0 Å². The smallest absolute Gasteiger partial charge is 0.219 e. The van der Waals surface area contributed by atoms with Crippen LogP contribution in [0.3, 0.4) is 0 Å². The van der Waals surface area contributed by atoms with Gasteiger partial charge in [-0.1, -0.05) is 0 Å². The number of hydrogen-bond acceptors (Lipinski definition) is 4. The summed E-state index contributed by atoms with van der Waals surface area (Å²) >= 11 is 0. The first-order valence-corrected chi connectivity index (χ1v) is 8.10. The molecule has 0 saturated heterocycles. The minimum atomic E-state index is 0.129. The summed E-state index contributed by atoms with van der Waals surface area (Å²) in [6.07, 6.45) is 5.71. The van der Waals surface area contributed by atoms with Crippen molar-refractivity contribution >= 4 is 11.7 Å². The third-order valence-corrected chi connectivity index (χ3v) is 4.23. The number of aryl methyl sites for hydroxylation is 1. The second-order valence-corrected chi connectivity index (χ2v) is 5.90. The number of carbonyl (C=O) groups excluding carboxylic acids is 1. The van der Waals surface area contributed by atoms with E-state index in [0.29, 0.717) is 0 Å². The molecule has 0 aromatic carbocycles. The van der Waals surface area contributed by atoms with Crippen molar-refractivity contribution in [1.29, 1.82) is 0 Å². The SMILES string of the molecule is CC(=O)N1CCc2nc(C)nc(NCCn3cccc3)c2CC1. The Labute approximate surface area is 136 Å². The van der Waals surface area contributed by atoms with Gasteiger partial charge < -0.3 is 14.8 Å². The molecule has 2 aromatic rings. The highest BCUT2D eigenvalue weighted by Gasteiger charge is 2.20. The van der Waals surface area contributed by atoms with Crippen molar-refractivity contribution in [1.82, 2.24) is 19.4 Å². The summed E-state index contributed by atoms with van der Waals surface area (Å²) in [6, 6.07) is 4.05. The van der Waals surface area contributed by atoms with E-state index in [4.69, 9.17) is 0 Å². The molecule has 0 radical (unpaired) electrons. The van der Waals surface area contributed by atoms with Gasteiger partial charge in [-0.05, 0) is 25.5 Å². The molecule has 3 heterocycles. The summed E-state index contributed by atoms with van der Waals surface area (Å²) in [6.45, 7) is 6.73. The second-order valence-electron chi connectivity index (χ2n) is 5.90. The molecule has 0 fully saturated rings. The van der Waals surface area contributed by atoms with Crippen LogP contribution in [0.4, 0.5) is 5.82 Å². The number of aromatic nitrogens is 3. The molecule has 1 aliphatic rings. The number of hydrogen-bond donors (Lipinski definition) is 1. The maximum atomic E-state index is 11.6. The summed E-state index contributed by atoms with van der Waals surface area (Å²) in [5.41, 5.74) is 2.23. The maximum Gasteiger partial charge on any atom is 0.219 e. The van der Waals surface area contributed by atoms with Crippen LogP contribution in [0.25, 0.3) is 0 Å². The molecule has 1 amide bonds. The minimum absolute atomic E-state index is 0.129. The van der Waals surface area contributed by atoms with Crippen LogP contribution in [-0.4, -0.2) is 45.0 Å². The Hall–Kier alpha value is -2.37. The van der Waals surface area contributed by atoms with Gasteiger partial charge in [0.05, 0.1) is 5.69 Å². The summed E-state index contributed by atoms with van der Waals surface area (Å²) in [5.74, 6) is 1.83. The van der Waals surface area contributed by atoms with Crippen molar-refractivity contribution in [2.45, 2.75) is 33.2 Å². The number of rotatable bonds is 4. The molecular weight excluding hydrogens is 290 g/mol. The fourth-order valence-corrected chi connectivity index (χ4v) is 3.01. The van der Waals surface area contributed by atoms with E-state index in [0.717, 1.165) is 61.9 Å². The van der Waals surface area contributed by atoms with Gasteiger partial charge in [0.1, 0.15) is 11.6 Å². The van der Waals surface area contributed by atoms with Gasteiger partial charge in [0.25, 0.3) is 0 Å². The Morgan fingerprint density at radius 3 is 2.70 bits per heavy atom. The molecular formula is C17H23N5O. The Balaban J connectivity index is 1.73. The second kappa shape index (κ2) is 6.81. The van der Waals surface area contributed by atoms with Crippen molar-refractivity contribution in [2.24, 2.45) is 0 Å². The standard InChI is InChI=1S/C17H23N5O/c1-13-19-16-6-11-22(14(2)23)10-5-15(16)17(20-13)18-7-12-21-8-3-4-9-21/h3-4,8-9H,5-7,10-12H2,1-2H3,(H,18,19,20). The van der Waals surface area contributed by atoms with Crippen molar-refractivity contribution in [2.75, 3.05) is 25.0 Å². The lowest BCUT2D eigenvalue weighted by Crippen LogP contribution is -2.31. The lowest BCUT2D eigenvalue weighted by molar-refractivity contribution is -0.128. The Morgan fingerprint density at radius 1 is 1.22 bits per heavy atom. The van der Waals surface area contributed by atoms with Crippen LogP contribution in [-0.2, 0) is 24.2 Å². The van der Waals surface area contributed by atoms with Crippen molar-refractivity contribution < 1.29 is 4.79 Å². The van der Waals surface area contributed by atoms with E-state index in [1.165, 1.54) is 0 Å². The molecule has 0 unspecified atom stereocenters. The molecule has 1 aliphatic heterocycles. The number of amides is 1. The zero-order valence-electron chi connectivity index (χ0n) is 13.7. The first kappa shape index (κ1) is 15.5. The van der Waals surface area contributed by atoms with Gasteiger partial charge in [-0.25, -0.2) is 9.97 Å². The summed E-state index contributed by atoms with van der Waals surface area (Å²) in [4.78, 5) is 22.7. The molecule has 0 spiro atoms. The molecule has 0 saturated carbocycles. The van der Waals surface area contributed by atoms with Crippen LogP contribution < -0.4 is 5.32 Å². The van der Waals surface area contributed by atoms with Gasteiger partial charge in [-0.3, -0.25) is 4.79 Å². The number of nitrogens with zero attached hydrogens (tertiary/aromatic N) is 4. The first-order valence-electron chi connectivity index (χ1n) is 8.10. The van der Waals surface area contributed by atoms with Crippen LogP contribution in [0.15, 0.2) is 24.5 Å². The summed E-state index contributed by atoms with van der Waals surface area (Å²) in [7, 11) is 0. The molecule has 0 aliphatic carbocycles. The van der Waals surface area contributed by atoms with E-state index in [2.05, 4.69) is 32.2 Å². The zero-order chi connectivity index (χ0) is 16.2. The molecule has 0 bridgehead atoms. The quantitative estimate of drug-likeness (QED) is 0.932. The first-order chi connectivity index (χ1) is 11.1. The normalized spacial score (nSPS) is 14.3. The topological polar surface area (TPSA) is 63.1 Å². The molecule has 1 N–H and O–H groups in total. The number of anilines is 1. The fraction of sp³-hybridized carbons (Fsp3) is 0.471. The molecule has 3 rings (SSSR count). The fourth-order valence-electron chi connectivity index (χ4n) is 3.01. The van der Waals surface area contributed by atoms with Crippen LogP contribution in [0, 0.1) is 6.92 Å². The monoisotopic (exact) mass is 313 g/mol. The minimum Gasteiger partial charge on any atom is -0.368 e. The van der Waals surface area contributed by atoms with Gasteiger partial charge in [0.15, 0.2) is 0 Å². The highest BCUT2D eigenvalue weighted by molar-refractivity contribution is 5.73. The van der Waals surface area contributed by atoms with E-state index in [-0.39, 0.29) is 5.91 Å². The van der Waals surface area contributed by atoms with Crippen LogP contribution >= 0.6 is 0 Å². The Kier molecular flexibility index (Phi) is 4.60. The van der Waals surface area contributed by atoms with Crippen molar-refractivity contribution in [3.63, 3.8) is 0 Å². The predicted octanol–water partition coefficient (Wildman–Crippen LogP) is 1.65. The number of carbonyl (C=O) groups is 1. The predicted molar refractivity (Wildman–Crippen MR) is 89.4 cm³/mol. The third-order valence-electron chi connectivity index (χ3n) is 4.23. The van der Waals surface area contributed by atoms with E-state index >= 15 is 0 Å². The molecule has 23 heavy (non-hydrogen) atoms. The van der Waals surface area contributed by atoms with E-state index in [1.54, 1.807) is 6.92 Å². The summed E-state index contributed by atoms with van der Waals surface area (Å²) in [5, 5.41) is 3.45. The highest BCUT2D eigenvalue weighted by Crippen LogP contribution is 2.21. The molecule has 122 valence electrons. The van der Waals surface area contributed by atoms with Crippen molar-refractivity contribution in [3.05, 3.63) is 41.6 Å². The lowest BCUT2D eigenvalue weighted by Gasteiger charge is -2.17. The average Bonchev–Trinajstić information content (AvgIpc) is 2.92. The van der Waals surface area contributed by atoms with Crippen molar-refractivity contribution in [3.8, 4) is 0 Å².